The first-order chi connectivity index (χ1) is 11.8. The van der Waals surface area contributed by atoms with E-state index in [9.17, 15) is 5.11 Å². The van der Waals surface area contributed by atoms with E-state index in [1.807, 2.05) is 41.0 Å². The van der Waals surface area contributed by atoms with Crippen LogP contribution in [0.15, 0.2) is 53.9 Å². The number of pyridine rings is 1. The maximum atomic E-state index is 9.17. The maximum absolute atomic E-state index is 9.17. The van der Waals surface area contributed by atoms with Crippen LogP contribution in [0.2, 0.25) is 5.02 Å². The van der Waals surface area contributed by atoms with E-state index in [4.69, 9.17) is 11.6 Å². The second-order valence-corrected chi connectivity index (χ2v) is 6.51. The summed E-state index contributed by atoms with van der Waals surface area (Å²) in [5, 5.41) is 19.4. The summed E-state index contributed by atoms with van der Waals surface area (Å²) in [6.07, 6.45) is 4.14. The number of aliphatic hydroxyl groups excluding tert-OH is 1. The Kier molecular flexibility index (Phi) is 5.85. The van der Waals surface area contributed by atoms with Gasteiger partial charge in [0.05, 0.1) is 0 Å². The summed E-state index contributed by atoms with van der Waals surface area (Å²) in [6.45, 7) is 0.776. The van der Waals surface area contributed by atoms with Crippen LogP contribution in [-0.4, -0.2) is 31.5 Å². The molecule has 0 fully saturated rings. The van der Waals surface area contributed by atoms with Crippen molar-refractivity contribution in [3.05, 3.63) is 59.4 Å². The van der Waals surface area contributed by atoms with E-state index in [1.54, 1.807) is 24.2 Å². The van der Waals surface area contributed by atoms with Gasteiger partial charge in [0, 0.05) is 41.9 Å². The summed E-state index contributed by atoms with van der Waals surface area (Å²) in [4.78, 5) is 4.14. The average Bonchev–Trinajstić information content (AvgIpc) is 3.03. The summed E-state index contributed by atoms with van der Waals surface area (Å²) in [7, 11) is 0. The van der Waals surface area contributed by atoms with Gasteiger partial charge in [-0.1, -0.05) is 41.6 Å². The van der Waals surface area contributed by atoms with Crippen LogP contribution in [0.1, 0.15) is 12.0 Å². The van der Waals surface area contributed by atoms with Crippen molar-refractivity contribution < 1.29 is 5.11 Å². The number of aromatic nitrogens is 4. The molecule has 2 aromatic heterocycles. The van der Waals surface area contributed by atoms with E-state index >= 15 is 0 Å². The van der Waals surface area contributed by atoms with Gasteiger partial charge in [-0.05, 0) is 30.2 Å². The van der Waals surface area contributed by atoms with E-state index in [-0.39, 0.29) is 6.61 Å². The van der Waals surface area contributed by atoms with Crippen LogP contribution in [0.25, 0.3) is 11.4 Å². The number of benzene rings is 1. The van der Waals surface area contributed by atoms with Crippen molar-refractivity contribution in [1.29, 1.82) is 0 Å². The standard InChI is InChI=1S/C17H17ClN4OS/c18-15-7-2-1-5-14(15)12-24-17-21-20-16(22(17)9-4-10-23)13-6-3-8-19-11-13/h1-3,5-8,11,23H,4,9-10,12H2. The molecule has 0 aliphatic heterocycles. The van der Waals surface area contributed by atoms with Gasteiger partial charge in [-0.15, -0.1) is 10.2 Å². The molecule has 1 N–H and O–H groups in total. The molecular weight excluding hydrogens is 344 g/mol. The van der Waals surface area contributed by atoms with Crippen molar-refractivity contribution in [2.24, 2.45) is 0 Å². The monoisotopic (exact) mass is 360 g/mol. The Balaban J connectivity index is 1.85. The largest absolute Gasteiger partial charge is 0.396 e. The van der Waals surface area contributed by atoms with Crippen molar-refractivity contribution in [1.82, 2.24) is 19.7 Å². The minimum Gasteiger partial charge on any atom is -0.396 e. The van der Waals surface area contributed by atoms with Crippen LogP contribution < -0.4 is 0 Å². The Morgan fingerprint density at radius 2 is 2.00 bits per heavy atom. The lowest BCUT2D eigenvalue weighted by Gasteiger charge is -2.09. The first kappa shape index (κ1) is 17.0. The highest BCUT2D eigenvalue weighted by molar-refractivity contribution is 7.98. The third-order valence-corrected chi connectivity index (χ3v) is 4.88. The number of halogens is 1. The van der Waals surface area contributed by atoms with E-state index < -0.39 is 0 Å². The van der Waals surface area contributed by atoms with Gasteiger partial charge in [0.15, 0.2) is 11.0 Å². The van der Waals surface area contributed by atoms with E-state index in [0.29, 0.717) is 18.7 Å². The molecule has 24 heavy (non-hydrogen) atoms. The molecule has 7 heteroatoms. The predicted molar refractivity (Wildman–Crippen MR) is 96.0 cm³/mol. The van der Waals surface area contributed by atoms with E-state index in [2.05, 4.69) is 15.2 Å². The predicted octanol–water partition coefficient (Wildman–Crippen LogP) is 3.67. The van der Waals surface area contributed by atoms with Crippen LogP contribution in [0.4, 0.5) is 0 Å². The summed E-state index contributed by atoms with van der Waals surface area (Å²) in [6, 6.07) is 11.6. The molecule has 124 valence electrons. The fourth-order valence-electron chi connectivity index (χ4n) is 2.29. The first-order valence-corrected chi connectivity index (χ1v) is 8.96. The highest BCUT2D eigenvalue weighted by Crippen LogP contribution is 2.28. The van der Waals surface area contributed by atoms with Crippen molar-refractivity contribution >= 4 is 23.4 Å². The molecule has 0 amide bonds. The van der Waals surface area contributed by atoms with Gasteiger partial charge < -0.3 is 9.67 Å². The molecule has 0 saturated carbocycles. The maximum Gasteiger partial charge on any atom is 0.191 e. The summed E-state index contributed by atoms with van der Waals surface area (Å²) in [5.74, 6) is 1.47. The number of aliphatic hydroxyl groups is 1. The molecule has 0 saturated heterocycles. The molecule has 5 nitrogen and oxygen atoms in total. The normalized spacial score (nSPS) is 10.9. The second-order valence-electron chi connectivity index (χ2n) is 5.16. The molecule has 0 bridgehead atoms. The highest BCUT2D eigenvalue weighted by Gasteiger charge is 2.14. The fraction of sp³-hybridized carbons (Fsp3) is 0.235. The molecule has 0 radical (unpaired) electrons. The van der Waals surface area contributed by atoms with Gasteiger partial charge in [-0.3, -0.25) is 4.98 Å². The third-order valence-electron chi connectivity index (χ3n) is 3.49. The Morgan fingerprint density at radius 3 is 2.75 bits per heavy atom. The molecule has 0 aliphatic rings. The van der Waals surface area contributed by atoms with Crippen LogP contribution in [0.3, 0.4) is 0 Å². The van der Waals surface area contributed by atoms with Gasteiger partial charge in [-0.25, -0.2) is 0 Å². The van der Waals surface area contributed by atoms with Crippen LogP contribution in [0.5, 0.6) is 0 Å². The lowest BCUT2D eigenvalue weighted by atomic mass is 10.2. The van der Waals surface area contributed by atoms with Crippen LogP contribution in [0, 0.1) is 0 Å². The zero-order chi connectivity index (χ0) is 16.8. The van der Waals surface area contributed by atoms with Crippen molar-refractivity contribution in [3.63, 3.8) is 0 Å². The minimum absolute atomic E-state index is 0.124. The molecule has 0 unspecified atom stereocenters. The number of hydrogen-bond acceptors (Lipinski definition) is 5. The van der Waals surface area contributed by atoms with Gasteiger partial charge in [-0.2, -0.15) is 0 Å². The molecular formula is C17H17ClN4OS. The van der Waals surface area contributed by atoms with Gasteiger partial charge in [0.1, 0.15) is 0 Å². The first-order valence-electron chi connectivity index (χ1n) is 7.60. The molecule has 0 aliphatic carbocycles. The molecule has 0 atom stereocenters. The van der Waals surface area contributed by atoms with E-state index in [0.717, 1.165) is 27.1 Å². The summed E-state index contributed by atoms with van der Waals surface area (Å²) >= 11 is 7.80. The van der Waals surface area contributed by atoms with Gasteiger partial charge in [0.2, 0.25) is 0 Å². The number of nitrogens with zero attached hydrogens (tertiary/aromatic N) is 4. The zero-order valence-electron chi connectivity index (χ0n) is 13.0. The van der Waals surface area contributed by atoms with Crippen molar-refractivity contribution in [2.75, 3.05) is 6.61 Å². The number of thioether (sulfide) groups is 1. The highest BCUT2D eigenvalue weighted by atomic mass is 35.5. The lowest BCUT2D eigenvalue weighted by Crippen LogP contribution is -2.04. The Hall–Kier alpha value is -1.89. The van der Waals surface area contributed by atoms with E-state index in [1.165, 1.54) is 0 Å². The molecule has 3 aromatic rings. The minimum atomic E-state index is 0.124. The summed E-state index contributed by atoms with van der Waals surface area (Å²) in [5.41, 5.74) is 1.97. The third kappa shape index (κ3) is 3.95. The molecule has 1 aromatic carbocycles. The number of rotatable bonds is 7. The summed E-state index contributed by atoms with van der Waals surface area (Å²) < 4.78 is 2.02. The lowest BCUT2D eigenvalue weighted by molar-refractivity contribution is 0.278. The Bertz CT molecular complexity index is 794. The SMILES string of the molecule is OCCCn1c(SCc2ccccc2Cl)nnc1-c1cccnc1. The second kappa shape index (κ2) is 8.28. The topological polar surface area (TPSA) is 63.8 Å². The molecule has 2 heterocycles. The zero-order valence-corrected chi connectivity index (χ0v) is 14.5. The smallest absolute Gasteiger partial charge is 0.191 e. The Morgan fingerprint density at radius 1 is 1.12 bits per heavy atom. The molecule has 3 rings (SSSR count). The van der Waals surface area contributed by atoms with Crippen molar-refractivity contribution in [2.45, 2.75) is 23.9 Å². The quantitative estimate of drug-likeness (QED) is 0.651. The van der Waals surface area contributed by atoms with Crippen LogP contribution >= 0.6 is 23.4 Å². The Labute approximate surface area is 149 Å². The van der Waals surface area contributed by atoms with Gasteiger partial charge >= 0.3 is 0 Å². The van der Waals surface area contributed by atoms with Gasteiger partial charge in [0.25, 0.3) is 0 Å². The number of hydrogen-bond donors (Lipinski definition) is 1. The average molecular weight is 361 g/mol. The van der Waals surface area contributed by atoms with Crippen LogP contribution in [-0.2, 0) is 12.3 Å². The fourth-order valence-corrected chi connectivity index (χ4v) is 3.54. The molecule has 0 spiro atoms. The van der Waals surface area contributed by atoms with Crippen molar-refractivity contribution in [3.8, 4) is 11.4 Å².